The largest absolute Gasteiger partial charge is 0.460 e. The van der Waals surface area contributed by atoms with Crippen molar-refractivity contribution in [2.75, 3.05) is 6.54 Å². The first-order valence-corrected chi connectivity index (χ1v) is 6.35. The molecule has 1 aromatic heterocycles. The van der Waals surface area contributed by atoms with Gasteiger partial charge in [-0.1, -0.05) is 6.92 Å². The number of nitro groups is 1. The zero-order valence-electron chi connectivity index (χ0n) is 11.1. The number of nitrogens with one attached hydrogen (secondary N) is 1. The minimum atomic E-state index is -0.866. The van der Waals surface area contributed by atoms with Crippen LogP contribution in [0.25, 0.3) is 11.3 Å². The molecular weight excluding hydrogens is 263 g/mol. The fraction of sp³-hybridized carbons (Fsp3) is 0.286. The lowest BCUT2D eigenvalue weighted by molar-refractivity contribution is -0.387. The second kappa shape index (κ2) is 6.29. The summed E-state index contributed by atoms with van der Waals surface area (Å²) in [6.45, 7) is 3.56. The van der Waals surface area contributed by atoms with Gasteiger partial charge < -0.3 is 9.73 Å². The van der Waals surface area contributed by atoms with Crippen LogP contribution in [-0.2, 0) is 6.54 Å². The highest BCUT2D eigenvalue weighted by Gasteiger charge is 2.15. The van der Waals surface area contributed by atoms with E-state index in [1.54, 1.807) is 12.1 Å². The van der Waals surface area contributed by atoms with Crippen LogP contribution in [-0.4, -0.2) is 11.5 Å². The first-order chi connectivity index (χ1) is 9.61. The maximum atomic E-state index is 13.5. The summed E-state index contributed by atoms with van der Waals surface area (Å²) < 4.78 is 19.1. The van der Waals surface area contributed by atoms with Crippen LogP contribution >= 0.6 is 0 Å². The lowest BCUT2D eigenvalue weighted by atomic mass is 10.1. The Balaban J connectivity index is 2.15. The van der Waals surface area contributed by atoms with E-state index in [0.717, 1.165) is 30.9 Å². The molecule has 2 rings (SSSR count). The van der Waals surface area contributed by atoms with E-state index in [0.29, 0.717) is 17.9 Å². The Kier molecular flexibility index (Phi) is 4.47. The SMILES string of the molecule is CCCNCc1ccc(-c2ccc([N+](=O)[O-])c(F)c2)o1. The van der Waals surface area contributed by atoms with E-state index in [1.807, 2.05) is 0 Å². The van der Waals surface area contributed by atoms with Gasteiger partial charge in [-0.2, -0.15) is 4.39 Å². The monoisotopic (exact) mass is 278 g/mol. The molecule has 0 radical (unpaired) electrons. The van der Waals surface area contributed by atoms with Crippen molar-refractivity contribution in [2.45, 2.75) is 19.9 Å². The molecule has 0 saturated heterocycles. The van der Waals surface area contributed by atoms with Crippen LogP contribution in [0.1, 0.15) is 19.1 Å². The molecule has 0 bridgehead atoms. The van der Waals surface area contributed by atoms with Crippen molar-refractivity contribution in [3.63, 3.8) is 0 Å². The quantitative estimate of drug-likeness (QED) is 0.499. The number of nitrogens with zero attached hydrogens (tertiary/aromatic N) is 1. The summed E-state index contributed by atoms with van der Waals surface area (Å²) >= 11 is 0. The molecule has 2 aromatic rings. The fourth-order valence-electron chi connectivity index (χ4n) is 1.82. The number of nitro benzene ring substituents is 1. The molecule has 0 unspecified atom stereocenters. The highest BCUT2D eigenvalue weighted by Crippen LogP contribution is 2.26. The van der Waals surface area contributed by atoms with E-state index >= 15 is 0 Å². The first-order valence-electron chi connectivity index (χ1n) is 6.35. The van der Waals surface area contributed by atoms with Crippen LogP contribution in [0, 0.1) is 15.9 Å². The number of hydrogen-bond acceptors (Lipinski definition) is 4. The summed E-state index contributed by atoms with van der Waals surface area (Å²) in [7, 11) is 0. The molecule has 20 heavy (non-hydrogen) atoms. The summed E-state index contributed by atoms with van der Waals surface area (Å²) in [5.74, 6) is 0.369. The molecule has 0 fully saturated rings. The average molecular weight is 278 g/mol. The molecule has 6 heteroatoms. The molecule has 0 aliphatic heterocycles. The van der Waals surface area contributed by atoms with Gasteiger partial charge in [0.2, 0.25) is 5.82 Å². The Morgan fingerprint density at radius 2 is 2.15 bits per heavy atom. The second-order valence-electron chi connectivity index (χ2n) is 4.37. The van der Waals surface area contributed by atoms with Gasteiger partial charge in [-0.05, 0) is 37.2 Å². The molecular formula is C14H15FN2O3. The molecule has 5 nitrogen and oxygen atoms in total. The molecule has 1 aromatic carbocycles. The Labute approximate surface area is 115 Å². The van der Waals surface area contributed by atoms with Gasteiger partial charge in [0.05, 0.1) is 11.5 Å². The number of halogens is 1. The Morgan fingerprint density at radius 1 is 1.35 bits per heavy atom. The molecule has 1 N–H and O–H groups in total. The Morgan fingerprint density at radius 3 is 2.80 bits per heavy atom. The van der Waals surface area contributed by atoms with Gasteiger partial charge in [0, 0.05) is 11.6 Å². The fourth-order valence-corrected chi connectivity index (χ4v) is 1.82. The predicted molar refractivity (Wildman–Crippen MR) is 72.8 cm³/mol. The second-order valence-corrected chi connectivity index (χ2v) is 4.37. The number of benzene rings is 1. The van der Waals surface area contributed by atoms with Crippen molar-refractivity contribution in [1.29, 1.82) is 0 Å². The van der Waals surface area contributed by atoms with Crippen molar-refractivity contribution in [2.24, 2.45) is 0 Å². The lowest BCUT2D eigenvalue weighted by Gasteiger charge is -2.00. The van der Waals surface area contributed by atoms with Crippen LogP contribution in [0.3, 0.4) is 0 Å². The standard InChI is InChI=1S/C14H15FN2O3/c1-2-7-16-9-11-4-6-14(20-11)10-3-5-13(17(18)19)12(15)8-10/h3-6,8,16H,2,7,9H2,1H3. The summed E-state index contributed by atoms with van der Waals surface area (Å²) in [4.78, 5) is 9.81. The molecule has 0 spiro atoms. The summed E-state index contributed by atoms with van der Waals surface area (Å²) in [6, 6.07) is 7.26. The van der Waals surface area contributed by atoms with Gasteiger partial charge in [-0.25, -0.2) is 0 Å². The third-order valence-corrected chi connectivity index (χ3v) is 2.82. The maximum Gasteiger partial charge on any atom is 0.304 e. The molecule has 0 aliphatic rings. The van der Waals surface area contributed by atoms with Crippen LogP contribution in [0.5, 0.6) is 0 Å². The molecule has 1 heterocycles. The highest BCUT2D eigenvalue weighted by molar-refractivity contribution is 5.60. The van der Waals surface area contributed by atoms with E-state index in [-0.39, 0.29) is 0 Å². The van der Waals surface area contributed by atoms with E-state index in [9.17, 15) is 14.5 Å². The minimum Gasteiger partial charge on any atom is -0.460 e. The highest BCUT2D eigenvalue weighted by atomic mass is 19.1. The smallest absolute Gasteiger partial charge is 0.304 e. The third kappa shape index (κ3) is 3.21. The van der Waals surface area contributed by atoms with Crippen LogP contribution in [0.2, 0.25) is 0 Å². The van der Waals surface area contributed by atoms with Crippen molar-refractivity contribution in [3.8, 4) is 11.3 Å². The van der Waals surface area contributed by atoms with E-state index in [2.05, 4.69) is 12.2 Å². The van der Waals surface area contributed by atoms with Gasteiger partial charge in [0.1, 0.15) is 11.5 Å². The first kappa shape index (κ1) is 14.2. The van der Waals surface area contributed by atoms with E-state index in [1.165, 1.54) is 6.07 Å². The summed E-state index contributed by atoms with van der Waals surface area (Å²) in [5.41, 5.74) is -0.0556. The Hall–Kier alpha value is -2.21. The summed E-state index contributed by atoms with van der Waals surface area (Å²) in [6.07, 6.45) is 1.03. The van der Waals surface area contributed by atoms with Crippen molar-refractivity contribution >= 4 is 5.69 Å². The van der Waals surface area contributed by atoms with Gasteiger partial charge in [-0.15, -0.1) is 0 Å². The maximum absolute atomic E-state index is 13.5. The minimum absolute atomic E-state index is 0.481. The third-order valence-electron chi connectivity index (χ3n) is 2.82. The topological polar surface area (TPSA) is 68.3 Å². The molecule has 0 saturated carbocycles. The van der Waals surface area contributed by atoms with E-state index < -0.39 is 16.4 Å². The normalized spacial score (nSPS) is 10.7. The predicted octanol–water partition coefficient (Wildman–Crippen LogP) is 3.49. The molecule has 0 atom stereocenters. The van der Waals surface area contributed by atoms with Crippen LogP contribution < -0.4 is 5.32 Å². The van der Waals surface area contributed by atoms with Crippen molar-refractivity contribution in [1.82, 2.24) is 5.32 Å². The number of hydrogen-bond donors (Lipinski definition) is 1. The van der Waals surface area contributed by atoms with Gasteiger partial charge >= 0.3 is 5.69 Å². The van der Waals surface area contributed by atoms with Crippen molar-refractivity contribution in [3.05, 3.63) is 52.0 Å². The average Bonchev–Trinajstić information content (AvgIpc) is 2.87. The Bertz CT molecular complexity index is 610. The zero-order chi connectivity index (χ0) is 14.5. The van der Waals surface area contributed by atoms with Gasteiger partial charge in [0.15, 0.2) is 0 Å². The van der Waals surface area contributed by atoms with Gasteiger partial charge in [-0.3, -0.25) is 10.1 Å². The summed E-state index contributed by atoms with van der Waals surface area (Å²) in [5, 5.41) is 13.7. The lowest BCUT2D eigenvalue weighted by Crippen LogP contribution is -2.12. The van der Waals surface area contributed by atoms with Gasteiger partial charge in [0.25, 0.3) is 0 Å². The van der Waals surface area contributed by atoms with Crippen LogP contribution in [0.4, 0.5) is 10.1 Å². The van der Waals surface area contributed by atoms with Crippen LogP contribution in [0.15, 0.2) is 34.7 Å². The molecule has 106 valence electrons. The number of furan rings is 1. The van der Waals surface area contributed by atoms with E-state index in [4.69, 9.17) is 4.42 Å². The van der Waals surface area contributed by atoms with Crippen molar-refractivity contribution < 1.29 is 13.7 Å². The zero-order valence-corrected chi connectivity index (χ0v) is 11.1. The molecule has 0 aliphatic carbocycles. The molecule has 0 amide bonds. The number of rotatable bonds is 6.